The van der Waals surface area contributed by atoms with Crippen molar-refractivity contribution in [3.63, 3.8) is 0 Å². The van der Waals surface area contributed by atoms with Crippen LogP contribution in [-0.4, -0.2) is 16.1 Å². The predicted octanol–water partition coefficient (Wildman–Crippen LogP) is 16.0. The third kappa shape index (κ3) is 5.88. The molecular weight excluding hydrogens is 901 g/mol. The number of hydrogen-bond acceptors (Lipinski definition) is 2. The minimum absolute atomic E-state index is 0.0887. The maximum Gasteiger partial charge on any atom is 0.113 e. The van der Waals surface area contributed by atoms with Gasteiger partial charge in [-0.2, -0.15) is 0 Å². The van der Waals surface area contributed by atoms with Gasteiger partial charge in [0.15, 0.2) is 0 Å². The van der Waals surface area contributed by atoms with Gasteiger partial charge in [0.25, 0.3) is 0 Å². The number of rotatable bonds is 6. The average molecular weight is 959 g/mol. The fourth-order valence-corrected chi connectivity index (χ4v) is 20.0. The quantitative estimate of drug-likeness (QED) is 0.153. The van der Waals surface area contributed by atoms with E-state index < -0.39 is 16.1 Å². The molecule has 2 heterocycles. The van der Waals surface area contributed by atoms with Gasteiger partial charge in [-0.1, -0.05) is 187 Å². The van der Waals surface area contributed by atoms with Gasteiger partial charge in [-0.05, 0) is 171 Å². The van der Waals surface area contributed by atoms with Crippen LogP contribution in [0.25, 0.3) is 55.3 Å². The summed E-state index contributed by atoms with van der Waals surface area (Å²) >= 11 is 0. The van der Waals surface area contributed by atoms with Crippen LogP contribution in [0.4, 0.5) is 34.1 Å². The van der Waals surface area contributed by atoms with Crippen molar-refractivity contribution in [2.75, 3.05) is 9.80 Å². The fourth-order valence-electron chi connectivity index (χ4n) is 13.8. The van der Waals surface area contributed by atoms with E-state index in [9.17, 15) is 0 Å². The molecule has 4 aliphatic rings. The molecule has 2 aliphatic heterocycles. The van der Waals surface area contributed by atoms with Crippen molar-refractivity contribution in [1.82, 2.24) is 0 Å². The van der Waals surface area contributed by atoms with Crippen molar-refractivity contribution in [2.45, 2.75) is 64.7 Å². The Morgan fingerprint density at radius 2 is 0.583 bits per heavy atom. The Kier molecular flexibility index (Phi) is 9.03. The number of fused-ring (bicyclic) bond motifs is 10. The summed E-state index contributed by atoms with van der Waals surface area (Å²) in [5.41, 5.74) is 23.5. The Morgan fingerprint density at radius 3 is 0.986 bits per heavy atom. The zero-order chi connectivity index (χ0) is 49.1. The Labute approximate surface area is 426 Å². The molecule has 4 heteroatoms. The van der Waals surface area contributed by atoms with Crippen LogP contribution < -0.4 is 30.5 Å². The summed E-state index contributed by atoms with van der Waals surface area (Å²) in [4.78, 5) is 4.98. The maximum absolute atomic E-state index is 2.59. The largest absolute Gasteiger partial charge is 0.310 e. The van der Waals surface area contributed by atoms with Crippen LogP contribution in [-0.2, 0) is 10.8 Å². The third-order valence-corrected chi connectivity index (χ3v) is 24.7. The molecule has 2 aliphatic carbocycles. The first-order valence-corrected chi connectivity index (χ1v) is 31.8. The Balaban J connectivity index is 0.892. The van der Waals surface area contributed by atoms with Crippen molar-refractivity contribution < 1.29 is 0 Å². The SMILES string of the molecule is CC1(C)c2ccccc2-c2ccc(N(c3ccccc3)c3ccc4c(c3)[Si](C)(C)c3ccc5c6c(ccc-4c36)-c3ccc(N(c4ccccc4)c4ccc6c(c4)C(C)(C)c4ccccc4-6)cc3[Si]5(C)C)cc21. The molecule has 10 aromatic carbocycles. The van der Waals surface area contributed by atoms with Gasteiger partial charge in [0.05, 0.1) is 0 Å². The first kappa shape index (κ1) is 43.3. The molecule has 348 valence electrons. The summed E-state index contributed by atoms with van der Waals surface area (Å²) in [7, 11) is -4.50. The van der Waals surface area contributed by atoms with Gasteiger partial charge in [0.2, 0.25) is 0 Å². The van der Waals surface area contributed by atoms with Gasteiger partial charge >= 0.3 is 0 Å². The van der Waals surface area contributed by atoms with Gasteiger partial charge < -0.3 is 9.80 Å². The second kappa shape index (κ2) is 15.0. The van der Waals surface area contributed by atoms with Crippen molar-refractivity contribution >= 4 is 81.8 Å². The predicted molar refractivity (Wildman–Crippen MR) is 313 cm³/mol. The second-order valence-electron chi connectivity index (χ2n) is 22.9. The van der Waals surface area contributed by atoms with E-state index in [1.165, 1.54) is 122 Å². The van der Waals surface area contributed by atoms with E-state index in [0.717, 1.165) is 0 Å². The molecule has 0 aromatic heterocycles. The molecule has 0 saturated carbocycles. The minimum atomic E-state index is -2.25. The molecule has 0 N–H and O–H groups in total. The molecule has 0 bridgehead atoms. The molecule has 72 heavy (non-hydrogen) atoms. The van der Waals surface area contributed by atoms with E-state index in [1.807, 2.05) is 0 Å². The summed E-state index contributed by atoms with van der Waals surface area (Å²) in [6.07, 6.45) is 0. The molecular formula is C68H58N2Si2. The topological polar surface area (TPSA) is 6.48 Å². The van der Waals surface area contributed by atoms with Crippen LogP contribution in [0.15, 0.2) is 206 Å². The highest BCUT2D eigenvalue weighted by Gasteiger charge is 2.43. The smallest absolute Gasteiger partial charge is 0.113 e. The summed E-state index contributed by atoms with van der Waals surface area (Å²) in [6, 6.07) is 79.0. The molecule has 2 nitrogen and oxygen atoms in total. The van der Waals surface area contributed by atoms with Crippen molar-refractivity contribution in [2.24, 2.45) is 0 Å². The highest BCUT2D eigenvalue weighted by molar-refractivity contribution is 7.05. The standard InChI is InChI=1S/C68H58N2Si2/c1-67(2)57-25-17-15-23-49(57)51-31-27-45(39-59(51)67)69(43-19-11-9-12-20-43)47-29-33-53-55-35-36-56-54-34-30-48(42-64(54)72(7,8)62-38-37-61(65(55)66(56)62)71(5,6)63(53)41-47)70(44-21-13-10-14-22-44)46-28-32-52-50-24-16-18-26-58(50)68(3,4)60(52)40-46/h9-42H,1-8H3. The van der Waals surface area contributed by atoms with Crippen molar-refractivity contribution in [3.8, 4) is 44.5 Å². The molecule has 0 radical (unpaired) electrons. The molecule has 0 saturated heterocycles. The fraction of sp³-hybridized carbons (Fsp3) is 0.147. The zero-order valence-corrected chi connectivity index (χ0v) is 44.5. The van der Waals surface area contributed by atoms with Gasteiger partial charge in [-0.3, -0.25) is 0 Å². The van der Waals surface area contributed by atoms with E-state index in [1.54, 1.807) is 10.4 Å². The van der Waals surface area contributed by atoms with Crippen LogP contribution in [0.5, 0.6) is 0 Å². The average Bonchev–Trinajstić information content (AvgIpc) is 3.77. The number of nitrogens with zero attached hydrogens (tertiary/aromatic N) is 2. The van der Waals surface area contributed by atoms with E-state index in [2.05, 4.69) is 270 Å². The number of para-hydroxylation sites is 2. The highest BCUT2D eigenvalue weighted by Crippen LogP contribution is 2.53. The molecule has 14 rings (SSSR count). The molecule has 0 unspecified atom stereocenters. The Morgan fingerprint density at radius 1 is 0.264 bits per heavy atom. The highest BCUT2D eigenvalue weighted by atomic mass is 28.3. The minimum Gasteiger partial charge on any atom is -0.310 e. The van der Waals surface area contributed by atoms with Gasteiger partial charge in [-0.25, -0.2) is 0 Å². The lowest BCUT2D eigenvalue weighted by Crippen LogP contribution is -2.59. The van der Waals surface area contributed by atoms with Crippen LogP contribution >= 0.6 is 0 Å². The summed E-state index contributed by atoms with van der Waals surface area (Å²) < 4.78 is 0. The lowest BCUT2D eigenvalue weighted by Gasteiger charge is -2.40. The van der Waals surface area contributed by atoms with Gasteiger partial charge in [-0.15, -0.1) is 0 Å². The van der Waals surface area contributed by atoms with Crippen molar-refractivity contribution in [1.29, 1.82) is 0 Å². The van der Waals surface area contributed by atoms with E-state index >= 15 is 0 Å². The Hall–Kier alpha value is -7.51. The van der Waals surface area contributed by atoms with Crippen LogP contribution in [0.2, 0.25) is 26.2 Å². The molecule has 0 spiro atoms. The summed E-state index contributed by atoms with van der Waals surface area (Å²) in [5, 5.41) is 9.08. The van der Waals surface area contributed by atoms with E-state index in [-0.39, 0.29) is 10.8 Å². The second-order valence-corrected chi connectivity index (χ2v) is 31.6. The zero-order valence-electron chi connectivity index (χ0n) is 42.5. The van der Waals surface area contributed by atoms with Crippen LogP contribution in [0.1, 0.15) is 49.9 Å². The molecule has 10 aromatic rings. The molecule has 0 amide bonds. The normalized spacial score (nSPS) is 15.9. The van der Waals surface area contributed by atoms with Gasteiger partial charge in [0.1, 0.15) is 16.1 Å². The number of benzene rings is 10. The number of hydrogen-bond donors (Lipinski definition) is 0. The van der Waals surface area contributed by atoms with Crippen LogP contribution in [0, 0.1) is 0 Å². The summed E-state index contributed by atoms with van der Waals surface area (Å²) in [5.74, 6) is 0. The van der Waals surface area contributed by atoms with Crippen molar-refractivity contribution in [3.05, 3.63) is 229 Å². The maximum atomic E-state index is 2.59. The monoisotopic (exact) mass is 958 g/mol. The van der Waals surface area contributed by atoms with E-state index in [0.29, 0.717) is 0 Å². The molecule has 0 fully saturated rings. The lowest BCUT2D eigenvalue weighted by molar-refractivity contribution is 0.660. The summed E-state index contributed by atoms with van der Waals surface area (Å²) in [6.45, 7) is 19.9. The lowest BCUT2D eigenvalue weighted by atomic mass is 9.82. The third-order valence-electron chi connectivity index (χ3n) is 17.6. The first-order chi connectivity index (χ1) is 34.7. The van der Waals surface area contributed by atoms with Gasteiger partial charge in [0, 0.05) is 45.0 Å². The first-order valence-electron chi connectivity index (χ1n) is 25.8. The molecule has 0 atom stereocenters. The van der Waals surface area contributed by atoms with E-state index in [4.69, 9.17) is 0 Å². The Bertz CT molecular complexity index is 3680. The van der Waals surface area contributed by atoms with Crippen LogP contribution in [0.3, 0.4) is 0 Å². The number of anilines is 6.